The molecule has 20 nitrogen and oxygen atoms in total. The van der Waals surface area contributed by atoms with Crippen LogP contribution in [0.5, 0.6) is 5.75 Å². The number of amides is 1. The molecule has 0 aliphatic heterocycles. The maximum absolute atomic E-state index is 13.3. The van der Waals surface area contributed by atoms with E-state index in [9.17, 15) is 54.3 Å². The van der Waals surface area contributed by atoms with Gasteiger partial charge in [0.05, 0.1) is 56.2 Å². The van der Waals surface area contributed by atoms with Gasteiger partial charge in [0.2, 0.25) is 16.4 Å². The number of Topliss-reactive ketones (excluding diaryl/α,β-unsaturated/α-hetero) is 1. The van der Waals surface area contributed by atoms with E-state index in [0.717, 1.165) is 48.9 Å². The topological polar surface area (TPSA) is 315 Å². The summed E-state index contributed by atoms with van der Waals surface area (Å²) < 4.78 is 102. The summed E-state index contributed by atoms with van der Waals surface area (Å²) >= 11 is 0.287. The van der Waals surface area contributed by atoms with Crippen LogP contribution in [0.3, 0.4) is 0 Å². The first kappa shape index (κ1) is 52.3. The number of phenols is 1. The summed E-state index contributed by atoms with van der Waals surface area (Å²) in [7, 11) is -14.6. The number of carbonyl (C=O) groups is 2. The number of sulfone groups is 1. The van der Waals surface area contributed by atoms with Crippen molar-refractivity contribution in [2.45, 2.75) is 34.6 Å². The first-order valence-corrected chi connectivity index (χ1v) is 19.5. The van der Waals surface area contributed by atoms with Gasteiger partial charge in [-0.3, -0.25) is 18.8 Å². The van der Waals surface area contributed by atoms with Crippen LogP contribution < -0.4 is 99.2 Å². The van der Waals surface area contributed by atoms with E-state index in [0.29, 0.717) is 5.69 Å². The van der Waals surface area contributed by atoms with E-state index in [2.05, 4.69) is 39.3 Å². The molecule has 0 radical (unpaired) electrons. The third kappa shape index (κ3) is 14.8. The summed E-state index contributed by atoms with van der Waals surface area (Å²) in [6.07, 6.45) is 0. The average molecular weight is 880 g/mol. The third-order valence-electron chi connectivity index (χ3n) is 6.83. The molecule has 0 spiro atoms. The Morgan fingerprint density at radius 2 is 1.46 bits per heavy atom. The van der Waals surface area contributed by atoms with Gasteiger partial charge in [-0.25, -0.2) is 25.3 Å². The number of fused-ring (bicyclic) bond motifs is 1. The molecule has 0 aromatic heterocycles. The standard InChI is InChI=1S/C29H27N5O15S4.3Na/c1-16-3-5-19(6-4-16)32-34-27-24(50-49-48-38)13-18-14-25(52(41,42)43)23(15-22(18)28(27)36)30-29(37)26(17(2)35)33-31-20-7-9-21(10-8-20)51(39,40)12-11-47-53(44,45)46;;;/h3-10,13-15,26,36,38H,11-12H2,1-2H3,(H,30,37)(H,41,42,43)(H,44,45,46);;;/q;3*+1/p-3. The fourth-order valence-corrected chi connectivity index (χ4v) is 6.96. The zero-order valence-electron chi connectivity index (χ0n) is 29.9. The van der Waals surface area contributed by atoms with Crippen molar-refractivity contribution < 1.29 is 157 Å². The van der Waals surface area contributed by atoms with Crippen LogP contribution in [0.2, 0.25) is 0 Å². The van der Waals surface area contributed by atoms with E-state index in [-0.39, 0.29) is 133 Å². The molecule has 0 saturated carbocycles. The van der Waals surface area contributed by atoms with Crippen molar-refractivity contribution in [1.29, 1.82) is 0 Å². The van der Waals surface area contributed by atoms with E-state index in [1.54, 1.807) is 24.3 Å². The molecule has 0 bridgehead atoms. The van der Waals surface area contributed by atoms with E-state index in [4.69, 9.17) is 0 Å². The van der Waals surface area contributed by atoms with Crippen LogP contribution in [0.1, 0.15) is 12.5 Å². The molecular weight excluding hydrogens is 856 g/mol. The summed E-state index contributed by atoms with van der Waals surface area (Å²) in [4.78, 5) is 24.3. The first-order valence-electron chi connectivity index (χ1n) is 14.4. The molecule has 0 heterocycles. The second-order valence-corrected chi connectivity index (χ2v) is 15.9. The number of nitrogens with one attached hydrogen (secondary N) is 1. The number of aromatic hydroxyl groups is 1. The van der Waals surface area contributed by atoms with Gasteiger partial charge in [0.15, 0.2) is 21.4 Å². The number of carbonyl (C=O) groups excluding carboxylic acids is 2. The number of anilines is 1. The SMILES string of the molecule is CC(=O)C(N=Nc1ccc(S(=O)(=O)CCOS(=O)(=O)[O-])cc1)C(=O)Nc1cc2c(O)c(N=Nc3ccc(C)cc3)c(SOO[O-])cc2cc1S(=O)(=O)[O-].[Na+].[Na+].[Na+]. The Bertz CT molecular complexity index is 2440. The fourth-order valence-electron chi connectivity index (χ4n) is 4.34. The molecule has 1 unspecified atom stereocenters. The maximum atomic E-state index is 13.3. The van der Waals surface area contributed by atoms with E-state index in [1.165, 1.54) is 6.07 Å². The molecule has 2 N–H and O–H groups in total. The Balaban J connectivity index is 0.00000523. The molecule has 4 aromatic carbocycles. The number of benzene rings is 4. The minimum absolute atomic E-state index is 0. The quantitative estimate of drug-likeness (QED) is 0.0155. The second kappa shape index (κ2) is 22.6. The van der Waals surface area contributed by atoms with Gasteiger partial charge < -0.3 is 24.8 Å². The maximum Gasteiger partial charge on any atom is 1.00 e. The molecular formula is C29H24N5Na3O15S4. The molecule has 27 heteroatoms. The number of rotatable bonds is 16. The molecule has 1 atom stereocenters. The van der Waals surface area contributed by atoms with Gasteiger partial charge >= 0.3 is 88.7 Å². The van der Waals surface area contributed by atoms with E-state index < -0.39 is 76.8 Å². The average Bonchev–Trinajstić information content (AvgIpc) is 3.06. The number of hydrogen-bond acceptors (Lipinski definition) is 20. The van der Waals surface area contributed by atoms with Gasteiger partial charge in [0.25, 0.3) is 5.91 Å². The minimum atomic E-state index is -5.35. The van der Waals surface area contributed by atoms with Gasteiger partial charge in [-0.05, 0) is 73.8 Å². The summed E-state index contributed by atoms with van der Waals surface area (Å²) in [6, 6.07) is 12.1. The van der Waals surface area contributed by atoms with Gasteiger partial charge in [-0.1, -0.05) is 17.7 Å². The van der Waals surface area contributed by atoms with Crippen molar-refractivity contribution in [3.8, 4) is 5.75 Å². The minimum Gasteiger partial charge on any atom is -0.744 e. The summed E-state index contributed by atoms with van der Waals surface area (Å²) in [5.74, 6) is -3.66. The van der Waals surface area contributed by atoms with Crippen molar-refractivity contribution in [1.82, 2.24) is 0 Å². The molecule has 0 fully saturated rings. The predicted molar refractivity (Wildman–Crippen MR) is 179 cm³/mol. The second-order valence-electron chi connectivity index (χ2n) is 10.6. The Hall–Kier alpha value is -1.76. The molecule has 4 rings (SSSR count). The Kier molecular flexibility index (Phi) is 21.1. The zero-order chi connectivity index (χ0) is 39.1. The first-order chi connectivity index (χ1) is 24.8. The zero-order valence-corrected chi connectivity index (χ0v) is 39.2. The Labute approximate surface area is 390 Å². The molecule has 56 heavy (non-hydrogen) atoms. The molecule has 1 amide bonds. The van der Waals surface area contributed by atoms with Crippen molar-refractivity contribution in [2.24, 2.45) is 20.5 Å². The van der Waals surface area contributed by atoms with Crippen molar-refractivity contribution >= 4 is 87.6 Å². The van der Waals surface area contributed by atoms with Crippen LogP contribution in [0.4, 0.5) is 22.7 Å². The van der Waals surface area contributed by atoms with Gasteiger partial charge in [0, 0.05) is 5.39 Å². The van der Waals surface area contributed by atoms with Crippen LogP contribution in [0.15, 0.2) is 102 Å². The Morgan fingerprint density at radius 3 is 2.02 bits per heavy atom. The number of hydrogen-bond donors (Lipinski definition) is 2. The summed E-state index contributed by atoms with van der Waals surface area (Å²) in [6.45, 7) is 1.87. The molecule has 282 valence electrons. The van der Waals surface area contributed by atoms with Gasteiger partial charge in [-0.15, -0.1) is 5.11 Å². The van der Waals surface area contributed by atoms with E-state index >= 15 is 0 Å². The van der Waals surface area contributed by atoms with Crippen LogP contribution in [-0.4, -0.2) is 69.6 Å². The van der Waals surface area contributed by atoms with Crippen molar-refractivity contribution in [3.63, 3.8) is 0 Å². The predicted octanol–water partition coefficient (Wildman–Crippen LogP) is -5.65. The van der Waals surface area contributed by atoms with Crippen LogP contribution in [0, 0.1) is 6.92 Å². The fraction of sp³-hybridized carbons (Fsp3) is 0.172. The number of azo groups is 2. The summed E-state index contributed by atoms with van der Waals surface area (Å²) in [5, 5.41) is 42.5. The van der Waals surface area contributed by atoms with Gasteiger partial charge in [-0.2, -0.15) is 19.7 Å². The van der Waals surface area contributed by atoms with Gasteiger partial charge in [0.1, 0.15) is 15.8 Å². The Morgan fingerprint density at radius 1 is 0.875 bits per heavy atom. The summed E-state index contributed by atoms with van der Waals surface area (Å²) in [5.41, 5.74) is 0.271. The normalized spacial score (nSPS) is 12.4. The van der Waals surface area contributed by atoms with E-state index in [1.807, 2.05) is 6.92 Å². The molecule has 0 saturated heterocycles. The largest absolute Gasteiger partial charge is 1.00 e. The van der Waals surface area contributed by atoms with Crippen molar-refractivity contribution in [3.05, 3.63) is 72.3 Å². The number of phenolic OH excluding ortho intramolecular Hbond substituents is 1. The number of aryl methyl sites for hydroxylation is 1. The molecule has 0 aliphatic carbocycles. The number of ketones is 1. The smallest absolute Gasteiger partial charge is 0.744 e. The number of nitrogens with zero attached hydrogens (tertiary/aromatic N) is 4. The molecule has 4 aromatic rings. The monoisotopic (exact) mass is 879 g/mol. The van der Waals surface area contributed by atoms with Crippen molar-refractivity contribution in [2.75, 3.05) is 17.7 Å². The third-order valence-corrected chi connectivity index (χ3v) is 10.5. The van der Waals surface area contributed by atoms with Crippen LogP contribution in [-0.2, 0) is 53.5 Å². The van der Waals surface area contributed by atoms with Crippen LogP contribution in [0.25, 0.3) is 10.8 Å². The van der Waals surface area contributed by atoms with Crippen LogP contribution >= 0.6 is 12.0 Å². The molecule has 0 aliphatic rings.